The second-order valence-electron chi connectivity index (χ2n) is 4.04. The predicted molar refractivity (Wildman–Crippen MR) is 67.2 cm³/mol. The Labute approximate surface area is 92.0 Å². The van der Waals surface area contributed by atoms with E-state index in [0.717, 1.165) is 11.7 Å². The van der Waals surface area contributed by atoms with Crippen LogP contribution in [0.1, 0.15) is 38.2 Å². The minimum absolute atomic E-state index is 1.01. The first kappa shape index (κ1) is 10.7. The summed E-state index contributed by atoms with van der Waals surface area (Å²) in [4.78, 5) is 0. The van der Waals surface area contributed by atoms with Crippen LogP contribution in [-0.2, 0) is 4.57 Å². The van der Waals surface area contributed by atoms with Gasteiger partial charge in [-0.2, -0.15) is 0 Å². The van der Waals surface area contributed by atoms with Gasteiger partial charge in [0.15, 0.2) is 0 Å². The van der Waals surface area contributed by atoms with Crippen molar-refractivity contribution in [1.82, 2.24) is 0 Å². The zero-order chi connectivity index (χ0) is 10.7. The van der Waals surface area contributed by atoms with Crippen LogP contribution in [0.2, 0.25) is 0 Å². The maximum Gasteiger partial charge on any atom is 0.128 e. The highest BCUT2D eigenvalue weighted by Crippen LogP contribution is 2.42. The van der Waals surface area contributed by atoms with Crippen molar-refractivity contribution in [2.75, 3.05) is 0 Å². The molecule has 1 unspecified atom stereocenters. The summed E-state index contributed by atoms with van der Waals surface area (Å²) in [6, 6.07) is 8.05. The molecule has 0 fully saturated rings. The summed E-state index contributed by atoms with van der Waals surface area (Å²) in [7, 11) is -1.62. The molecule has 0 radical (unpaired) electrons. The molecule has 15 heavy (non-hydrogen) atoms. The van der Waals surface area contributed by atoms with Gasteiger partial charge in [0, 0.05) is 5.30 Å². The molecule has 2 heteroatoms. The number of benzene rings is 1. The smallest absolute Gasteiger partial charge is 0.128 e. The standard InChI is InChI=1S/C13H17OP/c1-2-3-4-8-12-10-11-7-5-6-9-13(11)15(12)14/h5-7,9-10,15H,2-4,8H2,1H3. The van der Waals surface area contributed by atoms with Crippen molar-refractivity contribution in [2.24, 2.45) is 0 Å². The monoisotopic (exact) mass is 220 g/mol. The minimum atomic E-state index is -1.62. The lowest BCUT2D eigenvalue weighted by atomic mass is 10.1. The average molecular weight is 220 g/mol. The van der Waals surface area contributed by atoms with E-state index in [1.807, 2.05) is 18.2 Å². The molecule has 1 nitrogen and oxygen atoms in total. The fourth-order valence-electron chi connectivity index (χ4n) is 2.01. The van der Waals surface area contributed by atoms with Gasteiger partial charge in [0.1, 0.15) is 7.80 Å². The molecule has 1 aliphatic rings. The summed E-state index contributed by atoms with van der Waals surface area (Å²) in [5.41, 5.74) is 1.17. The van der Waals surface area contributed by atoms with Crippen LogP contribution in [0, 0.1) is 0 Å². The van der Waals surface area contributed by atoms with E-state index in [9.17, 15) is 4.57 Å². The molecule has 0 aromatic heterocycles. The van der Waals surface area contributed by atoms with E-state index in [1.54, 1.807) is 0 Å². The van der Waals surface area contributed by atoms with Crippen LogP contribution in [0.3, 0.4) is 0 Å². The third-order valence-electron chi connectivity index (χ3n) is 2.88. The summed E-state index contributed by atoms with van der Waals surface area (Å²) < 4.78 is 12.1. The SMILES string of the molecule is CCCCCC1=Cc2ccccc2[PH]1=O. The Morgan fingerprint density at radius 2 is 2.00 bits per heavy atom. The van der Waals surface area contributed by atoms with E-state index in [4.69, 9.17) is 0 Å². The van der Waals surface area contributed by atoms with Crippen LogP contribution in [0.15, 0.2) is 29.6 Å². The third-order valence-corrected chi connectivity index (χ3v) is 4.80. The Morgan fingerprint density at radius 1 is 1.20 bits per heavy atom. The fraction of sp³-hybridized carbons (Fsp3) is 0.385. The van der Waals surface area contributed by atoms with Gasteiger partial charge < -0.3 is 4.57 Å². The zero-order valence-electron chi connectivity index (χ0n) is 9.12. The number of rotatable bonds is 4. The van der Waals surface area contributed by atoms with E-state index in [-0.39, 0.29) is 0 Å². The van der Waals surface area contributed by atoms with Gasteiger partial charge in [0.2, 0.25) is 0 Å². The summed E-state index contributed by atoms with van der Waals surface area (Å²) in [5.74, 6) is 0. The van der Waals surface area contributed by atoms with Gasteiger partial charge in [0.25, 0.3) is 0 Å². The number of hydrogen-bond donors (Lipinski definition) is 0. The number of fused-ring (bicyclic) bond motifs is 1. The summed E-state index contributed by atoms with van der Waals surface area (Å²) >= 11 is 0. The molecule has 80 valence electrons. The lowest BCUT2D eigenvalue weighted by Crippen LogP contribution is -1.95. The molecule has 2 rings (SSSR count). The quantitative estimate of drug-likeness (QED) is 0.557. The Bertz CT molecular complexity index is 407. The van der Waals surface area contributed by atoms with E-state index in [1.165, 1.54) is 30.1 Å². The van der Waals surface area contributed by atoms with Crippen LogP contribution in [-0.4, -0.2) is 0 Å². The Hall–Kier alpha value is -0.810. The molecule has 0 spiro atoms. The predicted octanol–water partition coefficient (Wildman–Crippen LogP) is 3.81. The molecule has 0 saturated heterocycles. The summed E-state index contributed by atoms with van der Waals surface area (Å²) in [5, 5.41) is 2.24. The molecule has 0 amide bonds. The van der Waals surface area contributed by atoms with Crippen molar-refractivity contribution in [3.63, 3.8) is 0 Å². The minimum Gasteiger partial charge on any atom is -0.317 e. The highest BCUT2D eigenvalue weighted by molar-refractivity contribution is 7.59. The third kappa shape index (κ3) is 2.23. The zero-order valence-corrected chi connectivity index (χ0v) is 10.1. The first-order chi connectivity index (χ1) is 7.33. The van der Waals surface area contributed by atoms with Gasteiger partial charge in [-0.25, -0.2) is 0 Å². The fourth-order valence-corrected chi connectivity index (χ4v) is 3.71. The number of unbranched alkanes of at least 4 members (excludes halogenated alkanes) is 2. The van der Waals surface area contributed by atoms with E-state index < -0.39 is 7.80 Å². The Kier molecular flexibility index (Phi) is 3.43. The second kappa shape index (κ2) is 4.81. The second-order valence-corrected chi connectivity index (χ2v) is 5.88. The van der Waals surface area contributed by atoms with Crippen molar-refractivity contribution in [2.45, 2.75) is 32.6 Å². The topological polar surface area (TPSA) is 17.1 Å². The maximum absolute atomic E-state index is 12.1. The van der Waals surface area contributed by atoms with Crippen LogP contribution in [0.4, 0.5) is 0 Å². The van der Waals surface area contributed by atoms with Crippen molar-refractivity contribution in [3.8, 4) is 0 Å². The lowest BCUT2D eigenvalue weighted by molar-refractivity contribution is 0.595. The van der Waals surface area contributed by atoms with Crippen LogP contribution >= 0.6 is 7.80 Å². The number of hydrogen-bond acceptors (Lipinski definition) is 1. The van der Waals surface area contributed by atoms with Gasteiger partial charge in [0.05, 0.1) is 0 Å². The highest BCUT2D eigenvalue weighted by Gasteiger charge is 2.18. The van der Waals surface area contributed by atoms with Crippen molar-refractivity contribution in [1.29, 1.82) is 0 Å². The van der Waals surface area contributed by atoms with Crippen molar-refractivity contribution < 1.29 is 4.57 Å². The van der Waals surface area contributed by atoms with Gasteiger partial charge in [-0.05, 0) is 29.8 Å². The molecular formula is C13H17OP. The van der Waals surface area contributed by atoms with Crippen molar-refractivity contribution in [3.05, 3.63) is 35.1 Å². The molecule has 0 N–H and O–H groups in total. The number of allylic oxidation sites excluding steroid dienone is 1. The Morgan fingerprint density at radius 3 is 2.73 bits per heavy atom. The molecule has 1 aromatic carbocycles. The molecule has 1 aromatic rings. The van der Waals surface area contributed by atoms with E-state index in [0.29, 0.717) is 0 Å². The largest absolute Gasteiger partial charge is 0.317 e. The normalized spacial score (nSPS) is 18.7. The maximum atomic E-state index is 12.1. The van der Waals surface area contributed by atoms with E-state index >= 15 is 0 Å². The first-order valence-corrected chi connectivity index (χ1v) is 7.08. The molecular weight excluding hydrogens is 203 g/mol. The molecule has 1 aliphatic heterocycles. The van der Waals surface area contributed by atoms with Gasteiger partial charge in [-0.1, -0.05) is 44.0 Å². The summed E-state index contributed by atoms with van der Waals surface area (Å²) in [6.45, 7) is 2.20. The Balaban J connectivity index is 2.09. The first-order valence-electron chi connectivity index (χ1n) is 5.67. The average Bonchev–Trinajstić information content (AvgIpc) is 2.57. The molecule has 0 aliphatic carbocycles. The molecule has 0 bridgehead atoms. The lowest BCUT2D eigenvalue weighted by Gasteiger charge is -2.01. The van der Waals surface area contributed by atoms with Gasteiger partial charge >= 0.3 is 0 Å². The van der Waals surface area contributed by atoms with Crippen LogP contribution < -0.4 is 5.30 Å². The van der Waals surface area contributed by atoms with Crippen LogP contribution in [0.5, 0.6) is 0 Å². The molecule has 1 atom stereocenters. The van der Waals surface area contributed by atoms with Gasteiger partial charge in [-0.3, -0.25) is 0 Å². The van der Waals surface area contributed by atoms with E-state index in [2.05, 4.69) is 19.1 Å². The highest BCUT2D eigenvalue weighted by atomic mass is 31.1. The van der Waals surface area contributed by atoms with Crippen molar-refractivity contribution >= 4 is 19.2 Å². The van der Waals surface area contributed by atoms with Gasteiger partial charge in [-0.15, -0.1) is 0 Å². The summed E-state index contributed by atoms with van der Waals surface area (Å²) in [6.07, 6.45) is 6.78. The molecule has 0 saturated carbocycles. The van der Waals surface area contributed by atoms with Crippen LogP contribution in [0.25, 0.3) is 6.08 Å². The molecule has 1 heterocycles.